The molecule has 2 heterocycles. The highest BCUT2D eigenvalue weighted by atomic mass is 16.5. The molecule has 2 aromatic heterocycles. The molecule has 0 aliphatic rings. The van der Waals surface area contributed by atoms with Crippen LogP contribution in [0.25, 0.3) is 27.5 Å². The molecule has 7 nitrogen and oxygen atoms in total. The first-order chi connectivity index (χ1) is 16.9. The van der Waals surface area contributed by atoms with Crippen LogP contribution in [0.15, 0.2) is 77.6 Å². The lowest BCUT2D eigenvalue weighted by Crippen LogP contribution is -2.34. The zero-order valence-electron chi connectivity index (χ0n) is 20.1. The number of fused-ring (bicyclic) bond motifs is 3. The van der Waals surface area contributed by atoms with Crippen molar-refractivity contribution in [2.75, 3.05) is 18.6 Å². The Morgan fingerprint density at radius 2 is 1.74 bits per heavy atom. The van der Waals surface area contributed by atoms with Crippen LogP contribution in [0.4, 0.5) is 5.69 Å². The Bertz CT molecular complexity index is 1620. The minimum absolute atomic E-state index is 0.224. The third kappa shape index (κ3) is 3.65. The van der Waals surface area contributed by atoms with Gasteiger partial charge in [-0.1, -0.05) is 35.9 Å². The van der Waals surface area contributed by atoms with Gasteiger partial charge in [-0.3, -0.25) is 9.59 Å². The van der Waals surface area contributed by atoms with Gasteiger partial charge in [0.15, 0.2) is 5.69 Å². The Hall–Kier alpha value is -4.39. The average molecular weight is 467 g/mol. The van der Waals surface area contributed by atoms with Gasteiger partial charge in [-0.05, 0) is 50.2 Å². The molecule has 0 radical (unpaired) electrons. The van der Waals surface area contributed by atoms with E-state index in [0.29, 0.717) is 28.9 Å². The molecule has 0 atom stereocenters. The Morgan fingerprint density at radius 1 is 1.03 bits per heavy atom. The van der Waals surface area contributed by atoms with E-state index < -0.39 is 0 Å². The van der Waals surface area contributed by atoms with Gasteiger partial charge in [0.2, 0.25) is 0 Å². The minimum atomic E-state index is -0.291. The smallest absolute Gasteiger partial charge is 0.296 e. The molecule has 0 unspecified atom stereocenters. The van der Waals surface area contributed by atoms with E-state index in [1.54, 1.807) is 12.0 Å². The van der Waals surface area contributed by atoms with Gasteiger partial charge in [0.25, 0.3) is 11.5 Å². The largest absolute Gasteiger partial charge is 0.497 e. The van der Waals surface area contributed by atoms with Gasteiger partial charge in [-0.15, -0.1) is 0 Å². The van der Waals surface area contributed by atoms with Crippen LogP contribution in [-0.2, 0) is 7.05 Å². The predicted octanol–water partition coefficient (Wildman–Crippen LogP) is 4.86. The van der Waals surface area contributed by atoms with Crippen molar-refractivity contribution in [2.45, 2.75) is 13.8 Å². The average Bonchev–Trinajstić information content (AvgIpc) is 3.18. The van der Waals surface area contributed by atoms with Crippen molar-refractivity contribution in [1.29, 1.82) is 0 Å². The second-order valence-electron chi connectivity index (χ2n) is 8.45. The molecule has 0 N–H and O–H groups in total. The van der Waals surface area contributed by atoms with Gasteiger partial charge in [-0.2, -0.15) is 9.78 Å². The Balaban J connectivity index is 1.87. The molecule has 0 aliphatic heterocycles. The highest BCUT2D eigenvalue weighted by Crippen LogP contribution is 2.32. The van der Waals surface area contributed by atoms with Crippen LogP contribution >= 0.6 is 0 Å². The number of para-hydroxylation sites is 1. The Kier molecular flexibility index (Phi) is 5.61. The molecule has 0 bridgehead atoms. The number of ether oxygens (including phenoxy) is 1. The maximum Gasteiger partial charge on any atom is 0.296 e. The first kappa shape index (κ1) is 22.4. The lowest BCUT2D eigenvalue weighted by Gasteiger charge is -2.21. The second-order valence-corrected chi connectivity index (χ2v) is 8.45. The maximum absolute atomic E-state index is 14.0. The summed E-state index contributed by atoms with van der Waals surface area (Å²) in [5.74, 6) is 0.399. The van der Waals surface area contributed by atoms with Crippen LogP contribution in [0.5, 0.6) is 5.75 Å². The fourth-order valence-corrected chi connectivity index (χ4v) is 4.52. The number of rotatable bonds is 5. The van der Waals surface area contributed by atoms with Crippen LogP contribution in [0.2, 0.25) is 0 Å². The number of aromatic nitrogens is 3. The number of hydrogen-bond acceptors (Lipinski definition) is 4. The molecule has 3 aromatic carbocycles. The standard InChI is InChI=1S/C28H26N4O3/c1-5-31(19-9-7-6-8-10-19)27(33)25-24-22-16-15-21(35-4)17-23(22)30(3)26(24)28(34)32(29-25)20-13-11-18(2)12-14-20/h6-17H,5H2,1-4H3. The number of benzene rings is 3. The van der Waals surface area contributed by atoms with Crippen LogP contribution in [0.1, 0.15) is 23.0 Å². The van der Waals surface area contributed by atoms with E-state index in [2.05, 4.69) is 5.10 Å². The van der Waals surface area contributed by atoms with E-state index in [1.807, 2.05) is 98.3 Å². The van der Waals surface area contributed by atoms with Crippen LogP contribution in [0, 0.1) is 6.92 Å². The van der Waals surface area contributed by atoms with Gasteiger partial charge in [0.05, 0.1) is 18.3 Å². The van der Waals surface area contributed by atoms with E-state index in [1.165, 1.54) is 4.68 Å². The predicted molar refractivity (Wildman–Crippen MR) is 139 cm³/mol. The summed E-state index contributed by atoms with van der Waals surface area (Å²) >= 11 is 0. The number of aryl methyl sites for hydroxylation is 2. The van der Waals surface area contributed by atoms with Crippen molar-refractivity contribution in [3.05, 3.63) is 94.4 Å². The van der Waals surface area contributed by atoms with Crippen molar-refractivity contribution < 1.29 is 9.53 Å². The van der Waals surface area contributed by atoms with Crippen molar-refractivity contribution in [1.82, 2.24) is 14.3 Å². The minimum Gasteiger partial charge on any atom is -0.497 e. The summed E-state index contributed by atoms with van der Waals surface area (Å²) in [4.78, 5) is 29.5. The van der Waals surface area contributed by atoms with E-state index in [0.717, 1.165) is 22.2 Å². The number of methoxy groups -OCH3 is 1. The van der Waals surface area contributed by atoms with Gasteiger partial charge in [0, 0.05) is 36.1 Å². The van der Waals surface area contributed by atoms with Crippen molar-refractivity contribution in [3.63, 3.8) is 0 Å². The third-order valence-electron chi connectivity index (χ3n) is 6.35. The topological polar surface area (TPSA) is 69.4 Å². The van der Waals surface area contributed by atoms with E-state index >= 15 is 0 Å². The summed E-state index contributed by atoms with van der Waals surface area (Å²) < 4.78 is 8.55. The van der Waals surface area contributed by atoms with Gasteiger partial charge < -0.3 is 14.2 Å². The van der Waals surface area contributed by atoms with E-state index in [9.17, 15) is 9.59 Å². The monoisotopic (exact) mass is 466 g/mol. The zero-order valence-corrected chi connectivity index (χ0v) is 20.1. The highest BCUT2D eigenvalue weighted by molar-refractivity contribution is 6.20. The fourth-order valence-electron chi connectivity index (χ4n) is 4.52. The molecule has 0 spiro atoms. The molecule has 1 amide bonds. The Morgan fingerprint density at radius 3 is 2.40 bits per heavy atom. The van der Waals surface area contributed by atoms with Crippen LogP contribution in [-0.4, -0.2) is 33.9 Å². The number of nitrogens with zero attached hydrogens (tertiary/aromatic N) is 4. The fraction of sp³-hybridized carbons (Fsp3) is 0.179. The summed E-state index contributed by atoms with van der Waals surface area (Å²) in [6.07, 6.45) is 0. The number of carbonyl (C=O) groups is 1. The normalized spacial score (nSPS) is 11.2. The molecular weight excluding hydrogens is 440 g/mol. The van der Waals surface area contributed by atoms with Crippen LogP contribution in [0.3, 0.4) is 0 Å². The first-order valence-electron chi connectivity index (χ1n) is 11.5. The Labute approximate surface area is 202 Å². The summed E-state index contributed by atoms with van der Waals surface area (Å²) in [7, 11) is 3.43. The van der Waals surface area contributed by atoms with Crippen molar-refractivity contribution in [3.8, 4) is 11.4 Å². The van der Waals surface area contributed by atoms with E-state index in [-0.39, 0.29) is 17.2 Å². The van der Waals surface area contributed by atoms with Crippen LogP contribution < -0.4 is 15.2 Å². The maximum atomic E-state index is 14.0. The third-order valence-corrected chi connectivity index (χ3v) is 6.35. The van der Waals surface area contributed by atoms with Crippen molar-refractivity contribution >= 4 is 33.4 Å². The number of amides is 1. The molecule has 35 heavy (non-hydrogen) atoms. The number of carbonyl (C=O) groups excluding carboxylic acids is 1. The summed E-state index contributed by atoms with van der Waals surface area (Å²) in [6.45, 7) is 4.36. The van der Waals surface area contributed by atoms with E-state index in [4.69, 9.17) is 4.74 Å². The van der Waals surface area contributed by atoms with Crippen molar-refractivity contribution in [2.24, 2.45) is 7.05 Å². The second kappa shape index (κ2) is 8.76. The quantitative estimate of drug-likeness (QED) is 0.371. The first-order valence-corrected chi connectivity index (χ1v) is 11.5. The lowest BCUT2D eigenvalue weighted by atomic mass is 10.1. The molecule has 0 fully saturated rings. The molecule has 5 rings (SSSR count). The number of hydrogen-bond donors (Lipinski definition) is 0. The highest BCUT2D eigenvalue weighted by Gasteiger charge is 2.27. The van der Waals surface area contributed by atoms with Gasteiger partial charge >= 0.3 is 0 Å². The zero-order chi connectivity index (χ0) is 24.7. The summed E-state index contributed by atoms with van der Waals surface area (Å²) in [6, 6.07) is 22.6. The molecule has 0 saturated heterocycles. The van der Waals surface area contributed by atoms with Gasteiger partial charge in [0.1, 0.15) is 11.3 Å². The molecule has 176 valence electrons. The molecule has 5 aromatic rings. The summed E-state index contributed by atoms with van der Waals surface area (Å²) in [5.41, 5.74) is 3.57. The SMILES string of the molecule is CCN(C(=O)c1nn(-c2ccc(C)cc2)c(=O)c2c1c1ccc(OC)cc1n2C)c1ccccc1. The lowest BCUT2D eigenvalue weighted by molar-refractivity contribution is 0.0983. The molecular formula is C28H26N4O3. The van der Waals surface area contributed by atoms with Gasteiger partial charge in [-0.25, -0.2) is 0 Å². The number of anilines is 1. The summed E-state index contributed by atoms with van der Waals surface area (Å²) in [5, 5.41) is 5.98. The molecule has 0 saturated carbocycles. The molecule has 7 heteroatoms. The molecule has 0 aliphatic carbocycles.